The number of hydrogen-bond donors (Lipinski definition) is 1. The molecule has 4 heterocycles. The summed E-state index contributed by atoms with van der Waals surface area (Å²) in [5, 5.41) is 2.80. The molecule has 1 fully saturated rings. The summed E-state index contributed by atoms with van der Waals surface area (Å²) in [6, 6.07) is 27.1. The molecular weight excluding hydrogens is 526 g/mol. The molecule has 1 N–H and O–H groups in total. The molecule has 0 spiro atoms. The van der Waals surface area contributed by atoms with Gasteiger partial charge in [-0.2, -0.15) is 0 Å². The maximum Gasteiger partial charge on any atom is 0.298 e. The van der Waals surface area contributed by atoms with Gasteiger partial charge in [-0.1, -0.05) is 36.4 Å². The molecule has 1 aliphatic heterocycles. The molecule has 1 aliphatic rings. The minimum absolute atomic E-state index is 0.320. The zero-order valence-electron chi connectivity index (χ0n) is 24.0. The number of hydrogen-bond acceptors (Lipinski definition) is 6. The Morgan fingerprint density at radius 2 is 1.57 bits per heavy atom. The monoisotopic (exact) mass is 559 g/mol. The average Bonchev–Trinajstić information content (AvgIpc) is 3.40. The molecule has 0 saturated carbocycles. The Hall–Kier alpha value is -5.11. The lowest BCUT2D eigenvalue weighted by atomic mass is 10.0. The van der Waals surface area contributed by atoms with E-state index in [0.29, 0.717) is 22.7 Å². The molecule has 6 rings (SSSR count). The van der Waals surface area contributed by atoms with Crippen molar-refractivity contribution in [1.29, 1.82) is 0 Å². The van der Waals surface area contributed by atoms with Gasteiger partial charge < -0.3 is 24.3 Å². The highest BCUT2D eigenvalue weighted by atomic mass is 16.5. The number of ketones is 1. The molecular formula is C34H33N5O3. The molecule has 3 aromatic heterocycles. The van der Waals surface area contributed by atoms with Crippen LogP contribution in [0, 0.1) is 13.8 Å². The van der Waals surface area contributed by atoms with Crippen LogP contribution in [0.5, 0.6) is 5.75 Å². The number of fused-ring (bicyclic) bond motifs is 1. The molecule has 212 valence electrons. The van der Waals surface area contributed by atoms with Crippen LogP contribution in [0.4, 0.5) is 17.2 Å². The van der Waals surface area contributed by atoms with E-state index in [1.54, 1.807) is 23.8 Å². The van der Waals surface area contributed by atoms with Gasteiger partial charge in [0.15, 0.2) is 0 Å². The molecule has 5 aromatic rings. The summed E-state index contributed by atoms with van der Waals surface area (Å²) < 4.78 is 7.41. The van der Waals surface area contributed by atoms with E-state index in [1.165, 1.54) is 5.56 Å². The molecule has 0 aliphatic carbocycles. The van der Waals surface area contributed by atoms with Crippen LogP contribution in [-0.4, -0.2) is 54.4 Å². The topological polar surface area (TPSA) is 79.2 Å². The zero-order chi connectivity index (χ0) is 29.2. The Morgan fingerprint density at radius 3 is 2.31 bits per heavy atom. The Kier molecular flexibility index (Phi) is 7.35. The number of rotatable bonds is 7. The van der Waals surface area contributed by atoms with Crippen molar-refractivity contribution in [3.05, 3.63) is 108 Å². The van der Waals surface area contributed by atoms with Crippen LogP contribution in [0.3, 0.4) is 0 Å². The number of aryl methyl sites for hydroxylation is 2. The molecule has 1 amide bonds. The number of pyridine rings is 2. The third kappa shape index (κ3) is 5.31. The maximum absolute atomic E-state index is 13.6. The number of ether oxygens (including phenoxy) is 1. The predicted molar refractivity (Wildman–Crippen MR) is 167 cm³/mol. The molecule has 8 nitrogen and oxygen atoms in total. The number of anilines is 3. The fourth-order valence-corrected chi connectivity index (χ4v) is 5.64. The SMILES string of the molecule is COc1cc(N2CCN(c3cc(C)cc(C)n3)CC2)ccc1NC(=O)C(=O)c1c(-c2ccccc2)cc2ccccn12. The number of aromatic nitrogens is 2. The summed E-state index contributed by atoms with van der Waals surface area (Å²) in [5.41, 5.74) is 6.40. The van der Waals surface area contributed by atoms with Gasteiger partial charge in [0.2, 0.25) is 0 Å². The number of methoxy groups -OCH3 is 1. The van der Waals surface area contributed by atoms with Crippen LogP contribution in [0.15, 0.2) is 91.1 Å². The summed E-state index contributed by atoms with van der Waals surface area (Å²) >= 11 is 0. The minimum Gasteiger partial charge on any atom is -0.494 e. The lowest BCUT2D eigenvalue weighted by Gasteiger charge is -2.37. The van der Waals surface area contributed by atoms with E-state index in [1.807, 2.05) is 73.7 Å². The molecule has 0 atom stereocenters. The minimum atomic E-state index is -0.725. The summed E-state index contributed by atoms with van der Waals surface area (Å²) in [4.78, 5) is 36.3. The molecule has 0 radical (unpaired) electrons. The second-order valence-electron chi connectivity index (χ2n) is 10.6. The van der Waals surface area contributed by atoms with Crippen molar-refractivity contribution in [3.63, 3.8) is 0 Å². The molecule has 2 aromatic carbocycles. The van der Waals surface area contributed by atoms with Crippen LogP contribution in [0.25, 0.3) is 16.6 Å². The van der Waals surface area contributed by atoms with E-state index in [9.17, 15) is 9.59 Å². The van der Waals surface area contributed by atoms with E-state index in [-0.39, 0.29) is 0 Å². The highest BCUT2D eigenvalue weighted by molar-refractivity contribution is 6.47. The highest BCUT2D eigenvalue weighted by Crippen LogP contribution is 2.32. The first kappa shape index (κ1) is 27.1. The van der Waals surface area contributed by atoms with Gasteiger partial charge in [-0.25, -0.2) is 4.98 Å². The number of piperazine rings is 1. The number of amides is 1. The standard InChI is InChI=1S/C34H33N5O3/c1-23-19-24(2)35-31(20-23)38-17-15-37(16-18-38)26-12-13-29(30(22-26)42-3)36-34(41)33(40)32-28(25-9-5-4-6-10-25)21-27-11-7-8-14-39(27)32/h4-14,19-22H,15-18H2,1-3H3,(H,36,41). The van der Waals surface area contributed by atoms with Gasteiger partial charge in [-0.05, 0) is 67.4 Å². The van der Waals surface area contributed by atoms with Crippen LogP contribution in [0.2, 0.25) is 0 Å². The van der Waals surface area contributed by atoms with Crippen molar-refractivity contribution in [1.82, 2.24) is 9.38 Å². The van der Waals surface area contributed by atoms with Crippen molar-refractivity contribution >= 4 is 34.4 Å². The van der Waals surface area contributed by atoms with Crippen molar-refractivity contribution < 1.29 is 14.3 Å². The third-order valence-electron chi connectivity index (χ3n) is 7.67. The van der Waals surface area contributed by atoms with Crippen molar-refractivity contribution in [2.45, 2.75) is 13.8 Å². The average molecular weight is 560 g/mol. The number of Topliss-reactive ketones (excluding diaryl/α,β-unsaturated/α-hetero) is 1. The van der Waals surface area contributed by atoms with E-state index in [2.05, 4.69) is 34.2 Å². The quantitative estimate of drug-likeness (QED) is 0.201. The number of carbonyl (C=O) groups excluding carboxylic acids is 2. The van der Waals surface area contributed by atoms with Crippen LogP contribution < -0.4 is 19.9 Å². The largest absolute Gasteiger partial charge is 0.494 e. The molecule has 42 heavy (non-hydrogen) atoms. The highest BCUT2D eigenvalue weighted by Gasteiger charge is 2.26. The molecule has 8 heteroatoms. The second-order valence-corrected chi connectivity index (χ2v) is 10.6. The first-order valence-electron chi connectivity index (χ1n) is 14.1. The van der Waals surface area contributed by atoms with Gasteiger partial charge in [0.05, 0.1) is 12.8 Å². The Bertz CT molecular complexity index is 1750. The summed E-state index contributed by atoms with van der Waals surface area (Å²) in [5.74, 6) is 0.160. The first-order valence-corrected chi connectivity index (χ1v) is 14.1. The number of benzene rings is 2. The summed E-state index contributed by atoms with van der Waals surface area (Å²) in [7, 11) is 1.56. The van der Waals surface area contributed by atoms with Gasteiger partial charge in [0.25, 0.3) is 11.7 Å². The van der Waals surface area contributed by atoms with Crippen LogP contribution in [0.1, 0.15) is 21.7 Å². The summed E-state index contributed by atoms with van der Waals surface area (Å²) in [6.45, 7) is 7.46. The van der Waals surface area contributed by atoms with E-state index in [0.717, 1.165) is 54.5 Å². The molecule has 0 unspecified atom stereocenters. The van der Waals surface area contributed by atoms with Crippen molar-refractivity contribution in [2.75, 3.05) is 48.4 Å². The molecule has 0 bridgehead atoms. The number of nitrogens with zero attached hydrogens (tertiary/aromatic N) is 4. The van der Waals surface area contributed by atoms with Crippen molar-refractivity contribution in [2.24, 2.45) is 0 Å². The van der Waals surface area contributed by atoms with E-state index >= 15 is 0 Å². The second kappa shape index (κ2) is 11.4. The lowest BCUT2D eigenvalue weighted by molar-refractivity contribution is -0.112. The van der Waals surface area contributed by atoms with Gasteiger partial charge >= 0.3 is 0 Å². The maximum atomic E-state index is 13.6. The summed E-state index contributed by atoms with van der Waals surface area (Å²) in [6.07, 6.45) is 1.80. The fraction of sp³-hybridized carbons (Fsp3) is 0.206. The van der Waals surface area contributed by atoms with E-state index < -0.39 is 11.7 Å². The van der Waals surface area contributed by atoms with Gasteiger partial charge in [-0.3, -0.25) is 9.59 Å². The Balaban J connectivity index is 1.20. The predicted octanol–water partition coefficient (Wildman–Crippen LogP) is 5.77. The van der Waals surface area contributed by atoms with Gasteiger partial charge in [0, 0.05) is 60.9 Å². The first-order chi connectivity index (χ1) is 20.4. The van der Waals surface area contributed by atoms with Crippen LogP contribution >= 0.6 is 0 Å². The van der Waals surface area contributed by atoms with Gasteiger partial charge in [0.1, 0.15) is 17.3 Å². The van der Waals surface area contributed by atoms with Crippen LogP contribution in [-0.2, 0) is 4.79 Å². The lowest BCUT2D eigenvalue weighted by Crippen LogP contribution is -2.46. The Morgan fingerprint density at radius 1 is 0.833 bits per heavy atom. The third-order valence-corrected chi connectivity index (χ3v) is 7.67. The van der Waals surface area contributed by atoms with E-state index in [4.69, 9.17) is 9.72 Å². The fourth-order valence-electron chi connectivity index (χ4n) is 5.64. The van der Waals surface area contributed by atoms with Crippen molar-refractivity contribution in [3.8, 4) is 16.9 Å². The van der Waals surface area contributed by atoms with Gasteiger partial charge in [-0.15, -0.1) is 0 Å². The number of nitrogens with one attached hydrogen (secondary N) is 1. The Labute approximate surface area is 245 Å². The smallest absolute Gasteiger partial charge is 0.298 e. The normalized spacial score (nSPS) is 13.3. The zero-order valence-corrected chi connectivity index (χ0v) is 24.0. The number of carbonyl (C=O) groups is 2. The molecule has 1 saturated heterocycles.